The number of nitrogens with zero attached hydrogens (tertiary/aromatic N) is 10. The number of aliphatic imine (C=N–C) groups is 5. The molecule has 5 aliphatic carbocycles. The van der Waals surface area contributed by atoms with Crippen molar-refractivity contribution in [2.45, 2.75) is 191 Å². The Hall–Kier alpha value is -11.5. The molecular weight excluding hydrogens is 1440 g/mol. The molecule has 5 aromatic heterocycles. The van der Waals surface area contributed by atoms with Crippen LogP contribution in [0.2, 0.25) is 0 Å². The van der Waals surface area contributed by atoms with E-state index in [0.29, 0.717) is 57.5 Å². The number of aromatic nitrogens is 5. The number of pyridine rings is 5. The minimum atomic E-state index is -2.74. The quantitative estimate of drug-likeness (QED) is 0.0710. The molecule has 5 fully saturated rings. The van der Waals surface area contributed by atoms with Gasteiger partial charge in [0, 0.05) is 91.6 Å². The van der Waals surface area contributed by atoms with E-state index in [-0.39, 0.29) is 30.2 Å². The van der Waals surface area contributed by atoms with Crippen LogP contribution in [-0.4, -0.2) is 94.7 Å². The summed E-state index contributed by atoms with van der Waals surface area (Å²) >= 11 is 0. The fourth-order valence-corrected chi connectivity index (χ4v) is 19.8. The molecule has 0 saturated heterocycles. The van der Waals surface area contributed by atoms with E-state index in [1.807, 2.05) is 146 Å². The number of rotatable bonds is 15. The number of hydrogen-bond acceptors (Lipinski definition) is 15. The Balaban J connectivity index is 0.760. The maximum absolute atomic E-state index is 7.69. The van der Waals surface area contributed by atoms with Gasteiger partial charge in [-0.05, 0) is 119 Å². The second-order valence-corrected chi connectivity index (χ2v) is 33.8. The van der Waals surface area contributed by atoms with Crippen LogP contribution in [0.25, 0.3) is 0 Å². The molecule has 0 radical (unpaired) electrons. The fraction of sp³-hybridized carbons (Fsp3) is 0.333. The van der Waals surface area contributed by atoms with Crippen LogP contribution in [0, 0.1) is 0 Å². The van der Waals surface area contributed by atoms with E-state index in [9.17, 15) is 0 Å². The van der Waals surface area contributed by atoms with Crippen molar-refractivity contribution >= 4 is 91.8 Å². The summed E-state index contributed by atoms with van der Waals surface area (Å²) < 4.78 is 86.1. The summed E-state index contributed by atoms with van der Waals surface area (Å²) in [5, 5.41) is 0. The lowest BCUT2D eigenvalue weighted by Gasteiger charge is -2.30. The lowest BCUT2D eigenvalue weighted by molar-refractivity contribution is -0.571. The maximum Gasteiger partial charge on any atom is 0.684 e. The molecule has 11 aliphatic rings. The zero-order valence-electron chi connectivity index (χ0n) is 65.1. The van der Waals surface area contributed by atoms with Gasteiger partial charge < -0.3 is 68.9 Å². The summed E-state index contributed by atoms with van der Waals surface area (Å²) in [6, 6.07) is 52.7. The molecule has 580 valence electrons. The van der Waals surface area contributed by atoms with Gasteiger partial charge in [0.1, 0.15) is 59.7 Å². The smallest absolute Gasteiger partial charge is 0.616 e. The van der Waals surface area contributed by atoms with E-state index >= 15 is 0 Å². The van der Waals surface area contributed by atoms with Crippen molar-refractivity contribution in [3.8, 4) is 57.5 Å². The van der Waals surface area contributed by atoms with Crippen molar-refractivity contribution in [2.24, 2.45) is 25.0 Å². The maximum atomic E-state index is 7.69. The zero-order valence-corrected chi connectivity index (χ0v) is 65.1. The minimum absolute atomic E-state index is 0.259. The van der Waals surface area contributed by atoms with Crippen LogP contribution in [-0.2, 0) is 0 Å². The zero-order chi connectivity index (χ0) is 76.4. The summed E-state index contributed by atoms with van der Waals surface area (Å²) in [6.45, 7) is -13.7. The molecule has 21 rings (SSSR count). The summed E-state index contributed by atoms with van der Waals surface area (Å²) in [5.41, 5.74) is 8.41. The van der Waals surface area contributed by atoms with Crippen LogP contribution >= 0.6 is 0 Å². The second-order valence-electron chi connectivity index (χ2n) is 33.8. The molecule has 10 aromatic rings. The van der Waals surface area contributed by atoms with Crippen LogP contribution in [0.5, 0.6) is 57.5 Å². The highest BCUT2D eigenvalue weighted by Gasteiger charge is 2.62. The molecule has 5 saturated carbocycles. The van der Waals surface area contributed by atoms with E-state index in [1.54, 1.807) is 0 Å². The molecule has 115 heavy (non-hydrogen) atoms. The Kier molecular flexibility index (Phi) is 18.4. The van der Waals surface area contributed by atoms with Gasteiger partial charge in [0.25, 0.3) is 0 Å². The van der Waals surface area contributed by atoms with Gasteiger partial charge in [-0.25, -0.2) is 0 Å². The van der Waals surface area contributed by atoms with Crippen LogP contribution < -0.4 is 96.2 Å². The van der Waals surface area contributed by atoms with Gasteiger partial charge in [-0.15, -0.1) is 0 Å². The van der Waals surface area contributed by atoms with Gasteiger partial charge in [-0.3, -0.25) is 25.0 Å². The van der Waals surface area contributed by atoms with Gasteiger partial charge in [0.2, 0.25) is 0 Å². The Labute approximate surface area is 671 Å². The van der Waals surface area contributed by atoms with Gasteiger partial charge in [0.15, 0.2) is 59.7 Å². The molecule has 5 aromatic carbocycles. The van der Waals surface area contributed by atoms with Crippen molar-refractivity contribution in [3.05, 3.63) is 241 Å². The molecular formula is C90H95B5N10O10. The number of fused-ring (bicyclic) bond motifs is 15. The van der Waals surface area contributed by atoms with Crippen LogP contribution in [0.3, 0.4) is 0 Å². The van der Waals surface area contributed by atoms with Crippen LogP contribution in [0.1, 0.15) is 188 Å². The lowest BCUT2D eigenvalue weighted by Crippen LogP contribution is -2.78. The first-order valence-electron chi connectivity index (χ1n) is 42.7. The summed E-state index contributed by atoms with van der Waals surface area (Å²) in [6.07, 6.45) is 58.3. The molecule has 11 heterocycles. The Morgan fingerprint density at radius 2 is 0.391 bits per heavy atom. The fourth-order valence-electron chi connectivity index (χ4n) is 19.8. The highest BCUT2D eigenvalue weighted by Crippen LogP contribution is 2.44. The first kappa shape index (κ1) is 71.3. The normalized spacial score (nSPS) is 25.0. The highest BCUT2D eigenvalue weighted by molar-refractivity contribution is 6.78. The van der Waals surface area contributed by atoms with E-state index < -0.39 is 33.4 Å². The summed E-state index contributed by atoms with van der Waals surface area (Å²) in [4.78, 5) is 26.0. The minimum Gasteiger partial charge on any atom is -0.616 e. The SMILES string of the molecule is C(=NC1CCCCC1)c1cccc([B-]23Oc4cc[n+](cc4O2)[B-]2(c4cccc(C=NC5CCCCC5)c4)Oc4cc[n+](cc4O2)[B-]2(c4cccc(C=NC5CCCCC5)c4)Oc4cc[n+](cc4O2)[B-]2(c4cccc(C=NC5CCCCC5)c4)Oc4cc[n+](cc4O2)[B-]2(c4cccc(C=NC5CCCCC5)c4)Oc4cc[n+]3cc4O2)c1. The van der Waals surface area contributed by atoms with Crippen molar-refractivity contribution in [3.63, 3.8) is 0 Å². The largest absolute Gasteiger partial charge is 0.684 e. The first-order valence-corrected chi connectivity index (χ1v) is 42.7. The van der Waals surface area contributed by atoms with Gasteiger partial charge >= 0.3 is 33.4 Å². The van der Waals surface area contributed by atoms with Crippen molar-refractivity contribution in [2.75, 3.05) is 0 Å². The van der Waals surface area contributed by atoms with E-state index in [4.69, 9.17) is 71.5 Å². The van der Waals surface area contributed by atoms with Crippen molar-refractivity contribution < 1.29 is 68.9 Å². The lowest BCUT2D eigenvalue weighted by atomic mass is 9.62. The topological polar surface area (TPSA) is 174 Å². The van der Waals surface area contributed by atoms with Crippen LogP contribution in [0.15, 0.2) is 239 Å². The molecule has 5 atom stereocenters. The summed E-state index contributed by atoms with van der Waals surface area (Å²) in [5.74, 6) is 4.75. The number of hydrogen-bond donors (Lipinski definition) is 0. The predicted octanol–water partition coefficient (Wildman–Crippen LogP) is 11.0. The summed E-state index contributed by atoms with van der Waals surface area (Å²) in [7, 11) is 0. The van der Waals surface area contributed by atoms with Crippen molar-refractivity contribution in [1.29, 1.82) is 0 Å². The standard InChI is InChI=1S/C90H95B5N10O10/c1-6-31-76(32-7-1)96-56-66-21-16-26-71(51-66)91-101-46-41-82-87(61-101)112-93(107-82,73-28-18-23-68(53-73)58-98-78-35-10-3-11-36-78)103-48-43-84-89(63-103)114-95(109-84,75-30-20-25-70(55-75)60-100-80-39-14-5-15-40-80)105-50-45-85-90(65-105)115-94(110-85,74-29-19-24-69(54-74)59-99-79-37-12-4-13-38-79)104-49-44-83-88(64-104)113-92(108-83,102-47-42-81(106-91)86(62-102)111-91)72-27-17-22-67(52-72)57-97-77-33-8-2-9-34-77/h16-30,41-65,76-80H,1-15,31-40H2. The third-order valence-electron chi connectivity index (χ3n) is 26.1. The molecule has 6 aliphatic heterocycles. The average Bonchev–Trinajstić information content (AvgIpc) is 1.57. The Morgan fingerprint density at radius 1 is 0.217 bits per heavy atom. The van der Waals surface area contributed by atoms with E-state index in [2.05, 4.69) is 121 Å². The molecule has 0 amide bonds. The van der Waals surface area contributed by atoms with Gasteiger partial charge in [-0.1, -0.05) is 218 Å². The monoisotopic (exact) mass is 1530 g/mol. The van der Waals surface area contributed by atoms with Crippen LogP contribution in [0.4, 0.5) is 0 Å². The molecule has 0 N–H and O–H groups in total. The van der Waals surface area contributed by atoms with E-state index in [1.165, 1.54) is 96.3 Å². The molecule has 20 nitrogen and oxygen atoms in total. The average molecular weight is 1530 g/mol. The highest BCUT2D eigenvalue weighted by atomic mass is 16.7. The number of benzene rings is 5. The predicted molar refractivity (Wildman–Crippen MR) is 448 cm³/mol. The molecule has 25 heteroatoms. The van der Waals surface area contributed by atoms with Gasteiger partial charge in [-0.2, -0.15) is 0 Å². The molecule has 15 bridgehead atoms. The third kappa shape index (κ3) is 13.4. The van der Waals surface area contributed by atoms with Crippen molar-refractivity contribution in [1.82, 2.24) is 0 Å². The second kappa shape index (κ2) is 29.7. The Morgan fingerprint density at radius 3 is 0.574 bits per heavy atom. The van der Waals surface area contributed by atoms with Gasteiger partial charge in [0.05, 0.1) is 0 Å². The first-order chi connectivity index (χ1) is 56.7. The van der Waals surface area contributed by atoms with E-state index in [0.717, 1.165) is 119 Å². The molecule has 5 unspecified atom stereocenters. The molecule has 0 spiro atoms. The Bertz CT molecular complexity index is 4790. The third-order valence-corrected chi connectivity index (χ3v) is 26.1.